The van der Waals surface area contributed by atoms with Crippen LogP contribution < -0.4 is 10.1 Å². The van der Waals surface area contributed by atoms with Crippen LogP contribution in [-0.4, -0.2) is 30.9 Å². The van der Waals surface area contributed by atoms with Crippen molar-refractivity contribution < 1.29 is 23.9 Å². The SMILES string of the molecule is CC(=O)c1cccc(NC(=O)COC(=O)C2=Cc3ccccc3OC2)c1. The van der Waals surface area contributed by atoms with Gasteiger partial charge in [0.05, 0.1) is 5.57 Å². The quantitative estimate of drug-likeness (QED) is 0.662. The summed E-state index contributed by atoms with van der Waals surface area (Å²) in [5.74, 6) is -0.492. The van der Waals surface area contributed by atoms with E-state index in [1.807, 2.05) is 24.3 Å². The average molecular weight is 351 g/mol. The molecule has 0 spiro atoms. The van der Waals surface area contributed by atoms with Crippen LogP contribution in [0.25, 0.3) is 6.08 Å². The van der Waals surface area contributed by atoms with Crippen LogP contribution in [0.2, 0.25) is 0 Å². The first-order chi connectivity index (χ1) is 12.5. The van der Waals surface area contributed by atoms with E-state index in [-0.39, 0.29) is 12.4 Å². The van der Waals surface area contributed by atoms with Gasteiger partial charge in [-0.1, -0.05) is 30.3 Å². The average Bonchev–Trinajstić information content (AvgIpc) is 2.66. The van der Waals surface area contributed by atoms with Crippen molar-refractivity contribution in [1.29, 1.82) is 0 Å². The summed E-state index contributed by atoms with van der Waals surface area (Å²) in [7, 11) is 0. The van der Waals surface area contributed by atoms with E-state index in [0.717, 1.165) is 5.56 Å². The standard InChI is InChI=1S/C20H17NO5/c1-13(22)14-6-4-7-17(10-14)21-19(23)12-26-20(24)16-9-15-5-2-3-8-18(15)25-11-16/h2-10H,11-12H2,1H3,(H,21,23). The molecule has 1 heterocycles. The number of hydrogen-bond donors (Lipinski definition) is 1. The second kappa shape index (κ2) is 7.65. The molecule has 26 heavy (non-hydrogen) atoms. The summed E-state index contributed by atoms with van der Waals surface area (Å²) >= 11 is 0. The van der Waals surface area contributed by atoms with Gasteiger partial charge in [-0.05, 0) is 31.2 Å². The first-order valence-corrected chi connectivity index (χ1v) is 8.03. The van der Waals surface area contributed by atoms with E-state index >= 15 is 0 Å². The number of Topliss-reactive ketones (excluding diaryl/α,β-unsaturated/α-hetero) is 1. The number of hydrogen-bond acceptors (Lipinski definition) is 5. The van der Waals surface area contributed by atoms with Crippen LogP contribution in [-0.2, 0) is 14.3 Å². The maximum Gasteiger partial charge on any atom is 0.338 e. The number of ketones is 1. The van der Waals surface area contributed by atoms with Gasteiger partial charge in [0.25, 0.3) is 5.91 Å². The number of benzene rings is 2. The number of anilines is 1. The monoisotopic (exact) mass is 351 g/mol. The largest absolute Gasteiger partial charge is 0.488 e. The molecule has 1 N–H and O–H groups in total. The molecule has 0 bridgehead atoms. The summed E-state index contributed by atoms with van der Waals surface area (Å²) in [6.07, 6.45) is 1.69. The number of rotatable bonds is 5. The number of ether oxygens (including phenoxy) is 2. The third kappa shape index (κ3) is 4.16. The summed E-state index contributed by atoms with van der Waals surface area (Å²) in [5.41, 5.74) is 2.09. The highest BCUT2D eigenvalue weighted by Gasteiger charge is 2.19. The lowest BCUT2D eigenvalue weighted by atomic mass is 10.1. The van der Waals surface area contributed by atoms with E-state index in [2.05, 4.69) is 5.32 Å². The molecule has 0 radical (unpaired) electrons. The summed E-state index contributed by atoms with van der Waals surface area (Å²) < 4.78 is 10.5. The molecule has 0 fully saturated rings. The molecule has 132 valence electrons. The Kier molecular flexibility index (Phi) is 5.12. The number of carbonyl (C=O) groups excluding carboxylic acids is 3. The third-order valence-electron chi connectivity index (χ3n) is 3.78. The topological polar surface area (TPSA) is 81.7 Å². The zero-order valence-corrected chi connectivity index (χ0v) is 14.2. The molecule has 0 unspecified atom stereocenters. The molecule has 0 atom stereocenters. The van der Waals surface area contributed by atoms with Gasteiger partial charge in [0.1, 0.15) is 12.4 Å². The van der Waals surface area contributed by atoms with E-state index < -0.39 is 18.5 Å². The van der Waals surface area contributed by atoms with Gasteiger partial charge in [0, 0.05) is 16.8 Å². The Labute approximate surface area is 150 Å². The highest BCUT2D eigenvalue weighted by molar-refractivity contribution is 5.99. The highest BCUT2D eigenvalue weighted by Crippen LogP contribution is 2.26. The van der Waals surface area contributed by atoms with Crippen molar-refractivity contribution in [1.82, 2.24) is 0 Å². The minimum Gasteiger partial charge on any atom is -0.488 e. The van der Waals surface area contributed by atoms with E-state index in [9.17, 15) is 14.4 Å². The van der Waals surface area contributed by atoms with Crippen molar-refractivity contribution in [3.63, 3.8) is 0 Å². The fourth-order valence-electron chi connectivity index (χ4n) is 2.47. The van der Waals surface area contributed by atoms with Gasteiger partial charge in [-0.3, -0.25) is 9.59 Å². The zero-order valence-electron chi connectivity index (χ0n) is 14.2. The summed E-state index contributed by atoms with van der Waals surface area (Å²) in [4.78, 5) is 35.4. The first kappa shape index (κ1) is 17.4. The molecular formula is C20H17NO5. The zero-order chi connectivity index (χ0) is 18.5. The molecule has 1 aliphatic rings. The summed E-state index contributed by atoms with van der Waals surface area (Å²) in [5, 5.41) is 2.59. The van der Waals surface area contributed by atoms with Crippen LogP contribution in [0.15, 0.2) is 54.1 Å². The van der Waals surface area contributed by atoms with Crippen molar-refractivity contribution in [3.8, 4) is 5.75 Å². The second-order valence-electron chi connectivity index (χ2n) is 5.76. The van der Waals surface area contributed by atoms with E-state index in [4.69, 9.17) is 9.47 Å². The molecule has 6 nitrogen and oxygen atoms in total. The van der Waals surface area contributed by atoms with Gasteiger partial charge in [0.15, 0.2) is 12.4 Å². The number of amides is 1. The van der Waals surface area contributed by atoms with Crippen molar-refractivity contribution >= 4 is 29.4 Å². The predicted octanol–water partition coefficient (Wildman–Crippen LogP) is 2.85. The van der Waals surface area contributed by atoms with Crippen LogP contribution in [0.4, 0.5) is 5.69 Å². The lowest BCUT2D eigenvalue weighted by Gasteiger charge is -2.16. The van der Waals surface area contributed by atoms with E-state index in [0.29, 0.717) is 22.6 Å². The van der Waals surface area contributed by atoms with Crippen LogP contribution in [0, 0.1) is 0 Å². The molecule has 2 aromatic rings. The molecule has 1 amide bonds. The Hall–Kier alpha value is -3.41. The fraction of sp³-hybridized carbons (Fsp3) is 0.150. The molecule has 0 aliphatic carbocycles. The Bertz CT molecular complexity index is 901. The Balaban J connectivity index is 1.56. The molecule has 6 heteroatoms. The number of esters is 1. The third-order valence-corrected chi connectivity index (χ3v) is 3.78. The van der Waals surface area contributed by atoms with Crippen LogP contribution in [0.5, 0.6) is 5.75 Å². The lowest BCUT2D eigenvalue weighted by molar-refractivity contribution is -0.143. The Morgan fingerprint density at radius 3 is 2.73 bits per heavy atom. The van der Waals surface area contributed by atoms with Crippen molar-refractivity contribution in [2.45, 2.75) is 6.92 Å². The van der Waals surface area contributed by atoms with E-state index in [1.165, 1.54) is 6.92 Å². The summed E-state index contributed by atoms with van der Waals surface area (Å²) in [6.45, 7) is 1.11. The molecule has 1 aliphatic heterocycles. The minimum atomic E-state index is -0.605. The van der Waals surface area contributed by atoms with Gasteiger partial charge in [-0.2, -0.15) is 0 Å². The number of nitrogens with one attached hydrogen (secondary N) is 1. The number of fused-ring (bicyclic) bond motifs is 1. The molecular weight excluding hydrogens is 334 g/mol. The Morgan fingerprint density at radius 2 is 1.92 bits per heavy atom. The Morgan fingerprint density at radius 1 is 1.12 bits per heavy atom. The predicted molar refractivity (Wildman–Crippen MR) is 95.9 cm³/mol. The van der Waals surface area contributed by atoms with Gasteiger partial charge in [-0.25, -0.2) is 4.79 Å². The van der Waals surface area contributed by atoms with Crippen molar-refractivity contribution in [3.05, 3.63) is 65.2 Å². The molecule has 0 saturated heterocycles. The van der Waals surface area contributed by atoms with E-state index in [1.54, 1.807) is 30.3 Å². The lowest BCUT2D eigenvalue weighted by Crippen LogP contribution is -2.24. The maximum atomic E-state index is 12.1. The van der Waals surface area contributed by atoms with Gasteiger partial charge in [-0.15, -0.1) is 0 Å². The molecule has 3 rings (SSSR count). The van der Waals surface area contributed by atoms with Gasteiger partial charge >= 0.3 is 5.97 Å². The fourth-order valence-corrected chi connectivity index (χ4v) is 2.47. The maximum absolute atomic E-state index is 12.1. The number of para-hydroxylation sites is 1. The highest BCUT2D eigenvalue weighted by atomic mass is 16.5. The van der Waals surface area contributed by atoms with Crippen LogP contribution in [0.3, 0.4) is 0 Å². The first-order valence-electron chi connectivity index (χ1n) is 8.03. The van der Waals surface area contributed by atoms with Crippen LogP contribution >= 0.6 is 0 Å². The molecule has 2 aromatic carbocycles. The molecule has 0 saturated carbocycles. The van der Waals surface area contributed by atoms with Gasteiger partial charge in [0.2, 0.25) is 0 Å². The smallest absolute Gasteiger partial charge is 0.338 e. The van der Waals surface area contributed by atoms with Crippen LogP contribution in [0.1, 0.15) is 22.8 Å². The van der Waals surface area contributed by atoms with Crippen molar-refractivity contribution in [2.75, 3.05) is 18.5 Å². The summed E-state index contributed by atoms with van der Waals surface area (Å²) in [6, 6.07) is 13.9. The van der Waals surface area contributed by atoms with Gasteiger partial charge < -0.3 is 14.8 Å². The normalized spacial score (nSPS) is 12.3. The second-order valence-corrected chi connectivity index (χ2v) is 5.76. The molecule has 0 aromatic heterocycles. The minimum absolute atomic E-state index is 0.0954. The van der Waals surface area contributed by atoms with Crippen molar-refractivity contribution in [2.24, 2.45) is 0 Å². The number of carbonyl (C=O) groups is 3.